The molecular weight excluding hydrogens is 374 g/mol. The van der Waals surface area contributed by atoms with Gasteiger partial charge in [0.2, 0.25) is 11.8 Å². The van der Waals surface area contributed by atoms with E-state index in [0.29, 0.717) is 6.54 Å². The predicted octanol–water partition coefficient (Wildman–Crippen LogP) is 3.40. The number of thiophene rings is 1. The smallest absolute Gasteiger partial charge is 0.247 e. The van der Waals surface area contributed by atoms with Crippen molar-refractivity contribution in [3.8, 4) is 0 Å². The fraction of sp³-hybridized carbons (Fsp3) is 0.381. The zero-order valence-electron chi connectivity index (χ0n) is 15.4. The van der Waals surface area contributed by atoms with Crippen LogP contribution < -0.4 is 0 Å². The van der Waals surface area contributed by atoms with Crippen molar-refractivity contribution >= 4 is 34.3 Å². The molecule has 5 rings (SSSR count). The van der Waals surface area contributed by atoms with Crippen molar-refractivity contribution < 1.29 is 14.0 Å². The molecule has 6 nitrogen and oxygen atoms in total. The Labute approximate surface area is 166 Å². The molecule has 3 aromatic rings. The van der Waals surface area contributed by atoms with Crippen LogP contribution >= 0.6 is 11.3 Å². The number of para-hydroxylation sites is 2. The second kappa shape index (κ2) is 7.14. The van der Waals surface area contributed by atoms with E-state index in [1.165, 1.54) is 4.90 Å². The highest BCUT2D eigenvalue weighted by Crippen LogP contribution is 2.32. The molecule has 2 saturated heterocycles. The number of carbonyl (C=O) groups excluding carboxylic acids is 2. The number of nitrogens with zero attached hydrogens (tertiary/aromatic N) is 3. The van der Waals surface area contributed by atoms with Crippen molar-refractivity contribution in [2.75, 3.05) is 13.1 Å². The van der Waals surface area contributed by atoms with Gasteiger partial charge in [-0.1, -0.05) is 18.2 Å². The largest absolute Gasteiger partial charge is 0.440 e. The van der Waals surface area contributed by atoms with Crippen LogP contribution in [0.25, 0.3) is 11.1 Å². The number of piperidine rings is 1. The van der Waals surface area contributed by atoms with Crippen LogP contribution in [-0.2, 0) is 16.1 Å². The molecule has 0 unspecified atom stereocenters. The number of amides is 2. The first-order chi connectivity index (χ1) is 13.7. The molecule has 2 amide bonds. The van der Waals surface area contributed by atoms with E-state index in [2.05, 4.69) is 9.88 Å². The molecule has 0 radical (unpaired) electrons. The van der Waals surface area contributed by atoms with E-state index in [9.17, 15) is 9.59 Å². The van der Waals surface area contributed by atoms with Crippen LogP contribution in [0.2, 0.25) is 0 Å². The van der Waals surface area contributed by atoms with E-state index in [1.807, 2.05) is 41.8 Å². The first-order valence-corrected chi connectivity index (χ1v) is 10.5. The quantitative estimate of drug-likeness (QED) is 0.634. The molecular formula is C21H21N3O3S. The van der Waals surface area contributed by atoms with Gasteiger partial charge in [0.1, 0.15) is 5.52 Å². The van der Waals surface area contributed by atoms with Crippen LogP contribution in [0.5, 0.6) is 0 Å². The molecule has 0 saturated carbocycles. The van der Waals surface area contributed by atoms with Crippen LogP contribution in [0.4, 0.5) is 0 Å². The number of imide groups is 1. The highest BCUT2D eigenvalue weighted by atomic mass is 32.1. The number of carbonyl (C=O) groups is 2. The van der Waals surface area contributed by atoms with E-state index in [0.717, 1.165) is 47.8 Å². The van der Waals surface area contributed by atoms with Crippen molar-refractivity contribution in [1.29, 1.82) is 0 Å². The Bertz CT molecular complexity index is 972. The van der Waals surface area contributed by atoms with Crippen molar-refractivity contribution in [2.24, 2.45) is 0 Å². The minimum atomic E-state index is -0.322. The molecule has 2 aromatic heterocycles. The van der Waals surface area contributed by atoms with E-state index < -0.39 is 0 Å². The second-order valence-corrected chi connectivity index (χ2v) is 8.48. The van der Waals surface area contributed by atoms with Gasteiger partial charge in [-0.15, -0.1) is 11.3 Å². The first kappa shape index (κ1) is 17.6. The lowest BCUT2D eigenvalue weighted by Crippen LogP contribution is -2.45. The lowest BCUT2D eigenvalue weighted by atomic mass is 9.95. The molecule has 4 heterocycles. The van der Waals surface area contributed by atoms with Crippen molar-refractivity contribution in [2.45, 2.75) is 37.8 Å². The van der Waals surface area contributed by atoms with Gasteiger partial charge in [-0.2, -0.15) is 0 Å². The van der Waals surface area contributed by atoms with Gasteiger partial charge in [0.05, 0.1) is 19.0 Å². The molecule has 1 aromatic carbocycles. The van der Waals surface area contributed by atoms with Gasteiger partial charge in [-0.25, -0.2) is 4.98 Å². The lowest BCUT2D eigenvalue weighted by molar-refractivity contribution is -0.140. The average Bonchev–Trinajstić information content (AvgIpc) is 3.44. The molecule has 0 aliphatic carbocycles. The number of likely N-dealkylation sites (tertiary alicyclic amines) is 2. The number of hydrogen-bond acceptors (Lipinski definition) is 6. The molecule has 2 aliphatic rings. The van der Waals surface area contributed by atoms with Gasteiger partial charge < -0.3 is 4.42 Å². The Hall–Kier alpha value is -2.51. The molecule has 0 N–H and O–H groups in total. The summed E-state index contributed by atoms with van der Waals surface area (Å²) in [6.45, 7) is 1.95. The van der Waals surface area contributed by atoms with Crippen LogP contribution in [-0.4, -0.2) is 45.7 Å². The summed E-state index contributed by atoms with van der Waals surface area (Å²) < 4.78 is 5.92. The standard InChI is InChI=1S/C21H21N3O3S/c25-19-12-17(21(26)24(19)13-15-4-3-11-28-15)23-9-7-14(8-10-23)20-22-16-5-1-2-6-18(16)27-20/h1-6,11,14,17H,7-10,12-13H2/t17-/m1/s1. The molecule has 0 spiro atoms. The van der Waals surface area contributed by atoms with Crippen LogP contribution in [0.15, 0.2) is 46.2 Å². The van der Waals surface area contributed by atoms with E-state index in [-0.39, 0.29) is 30.2 Å². The number of rotatable bonds is 4. The van der Waals surface area contributed by atoms with Gasteiger partial charge >= 0.3 is 0 Å². The maximum Gasteiger partial charge on any atom is 0.247 e. The minimum Gasteiger partial charge on any atom is -0.440 e. The number of fused-ring (bicyclic) bond motifs is 1. The average molecular weight is 395 g/mol. The maximum absolute atomic E-state index is 12.8. The lowest BCUT2D eigenvalue weighted by Gasteiger charge is -2.33. The normalized spacial score (nSPS) is 21.9. The SMILES string of the molecule is O=C1C[C@@H](N2CCC(c3nc4ccccc4o3)CC2)C(=O)N1Cc1cccs1. The van der Waals surface area contributed by atoms with Gasteiger partial charge in [0, 0.05) is 10.8 Å². The summed E-state index contributed by atoms with van der Waals surface area (Å²) in [6.07, 6.45) is 2.06. The van der Waals surface area contributed by atoms with Crippen molar-refractivity contribution in [3.05, 3.63) is 52.5 Å². The molecule has 28 heavy (non-hydrogen) atoms. The fourth-order valence-corrected chi connectivity index (χ4v) is 4.89. The summed E-state index contributed by atoms with van der Waals surface area (Å²) in [5.74, 6) is 0.926. The summed E-state index contributed by atoms with van der Waals surface area (Å²) in [7, 11) is 0. The Balaban J connectivity index is 1.24. The summed E-state index contributed by atoms with van der Waals surface area (Å²) >= 11 is 1.57. The van der Waals surface area contributed by atoms with Crippen molar-refractivity contribution in [3.63, 3.8) is 0 Å². The van der Waals surface area contributed by atoms with E-state index in [1.54, 1.807) is 11.3 Å². The molecule has 2 fully saturated rings. The van der Waals surface area contributed by atoms with Gasteiger partial charge in [-0.3, -0.25) is 19.4 Å². The van der Waals surface area contributed by atoms with Crippen molar-refractivity contribution in [1.82, 2.24) is 14.8 Å². The number of aromatic nitrogens is 1. The van der Waals surface area contributed by atoms with Crippen LogP contribution in [0.3, 0.4) is 0 Å². The van der Waals surface area contributed by atoms with Gasteiger partial charge in [0.25, 0.3) is 0 Å². The Morgan fingerprint density at radius 1 is 1.11 bits per heavy atom. The van der Waals surface area contributed by atoms with Crippen LogP contribution in [0, 0.1) is 0 Å². The molecule has 144 valence electrons. The Morgan fingerprint density at radius 3 is 2.68 bits per heavy atom. The zero-order valence-corrected chi connectivity index (χ0v) is 16.2. The molecule has 2 aliphatic heterocycles. The molecule has 1 atom stereocenters. The monoisotopic (exact) mass is 395 g/mol. The summed E-state index contributed by atoms with van der Waals surface area (Å²) in [4.78, 5) is 34.5. The predicted molar refractivity (Wildman–Crippen MR) is 106 cm³/mol. The number of oxazole rings is 1. The first-order valence-electron chi connectivity index (χ1n) is 9.65. The second-order valence-electron chi connectivity index (χ2n) is 7.45. The summed E-state index contributed by atoms with van der Waals surface area (Å²) in [6, 6.07) is 11.4. The Morgan fingerprint density at radius 2 is 1.93 bits per heavy atom. The number of benzene rings is 1. The minimum absolute atomic E-state index is 0.0567. The fourth-order valence-electron chi connectivity index (χ4n) is 4.20. The van der Waals surface area contributed by atoms with E-state index >= 15 is 0 Å². The topological polar surface area (TPSA) is 66.7 Å². The van der Waals surface area contributed by atoms with Crippen LogP contribution in [0.1, 0.15) is 35.9 Å². The zero-order chi connectivity index (χ0) is 19.1. The molecule has 7 heteroatoms. The van der Waals surface area contributed by atoms with E-state index in [4.69, 9.17) is 4.42 Å². The van der Waals surface area contributed by atoms with Gasteiger partial charge in [-0.05, 0) is 49.5 Å². The highest BCUT2D eigenvalue weighted by Gasteiger charge is 2.43. The maximum atomic E-state index is 12.8. The summed E-state index contributed by atoms with van der Waals surface area (Å²) in [5.41, 5.74) is 1.71. The molecule has 0 bridgehead atoms. The third-order valence-corrected chi connectivity index (χ3v) is 6.61. The number of hydrogen-bond donors (Lipinski definition) is 0. The third kappa shape index (κ3) is 3.14. The summed E-state index contributed by atoms with van der Waals surface area (Å²) in [5, 5.41) is 1.97. The third-order valence-electron chi connectivity index (χ3n) is 5.74. The van der Waals surface area contributed by atoms with Gasteiger partial charge in [0.15, 0.2) is 11.5 Å². The Kier molecular flexibility index (Phi) is 4.49. The highest BCUT2D eigenvalue weighted by molar-refractivity contribution is 7.09.